The second-order valence-electron chi connectivity index (χ2n) is 4.31. The zero-order valence-electron chi connectivity index (χ0n) is 10.5. The lowest BCUT2D eigenvalue weighted by molar-refractivity contribution is 0.446. The summed E-state index contributed by atoms with van der Waals surface area (Å²) < 4.78 is 0. The van der Waals surface area contributed by atoms with Gasteiger partial charge in [0, 0.05) is 6.54 Å². The standard InChI is InChI=1S/C11H17NO.C2H6/c1-11(2,3)9-5-4-8(7-12)6-10(9)13;1-2/h4-6,13H,7,12H2,1-3H3;1-2H3. The van der Waals surface area contributed by atoms with Crippen LogP contribution in [-0.4, -0.2) is 5.11 Å². The van der Waals surface area contributed by atoms with Crippen LogP contribution in [0.2, 0.25) is 0 Å². The smallest absolute Gasteiger partial charge is 0.119 e. The van der Waals surface area contributed by atoms with Crippen LogP contribution in [0.4, 0.5) is 0 Å². The number of nitrogens with two attached hydrogens (primary N) is 1. The summed E-state index contributed by atoms with van der Waals surface area (Å²) in [4.78, 5) is 0. The first kappa shape index (κ1) is 14.0. The molecular formula is C13H23NO. The van der Waals surface area contributed by atoms with E-state index < -0.39 is 0 Å². The Balaban J connectivity index is 0.000000921. The number of phenolic OH excluding ortho intramolecular Hbond substituents is 1. The highest BCUT2D eigenvalue weighted by Gasteiger charge is 2.17. The molecule has 0 saturated heterocycles. The first-order valence-electron chi connectivity index (χ1n) is 5.47. The topological polar surface area (TPSA) is 46.2 Å². The molecule has 0 saturated carbocycles. The number of hydrogen-bond donors (Lipinski definition) is 2. The summed E-state index contributed by atoms with van der Waals surface area (Å²) in [6.45, 7) is 10.7. The van der Waals surface area contributed by atoms with Crippen LogP contribution in [0.15, 0.2) is 18.2 Å². The third-order valence-electron chi connectivity index (χ3n) is 2.11. The molecule has 86 valence electrons. The van der Waals surface area contributed by atoms with E-state index in [1.54, 1.807) is 6.07 Å². The van der Waals surface area contributed by atoms with E-state index in [1.807, 2.05) is 26.0 Å². The van der Waals surface area contributed by atoms with E-state index in [0.29, 0.717) is 12.3 Å². The minimum absolute atomic E-state index is 0.0167. The van der Waals surface area contributed by atoms with Crippen molar-refractivity contribution in [2.75, 3.05) is 0 Å². The molecule has 0 unspecified atom stereocenters. The van der Waals surface area contributed by atoms with E-state index in [9.17, 15) is 5.11 Å². The van der Waals surface area contributed by atoms with Gasteiger partial charge < -0.3 is 10.8 Å². The highest BCUT2D eigenvalue weighted by atomic mass is 16.3. The molecule has 1 aromatic rings. The lowest BCUT2D eigenvalue weighted by Gasteiger charge is -2.20. The third kappa shape index (κ3) is 3.92. The Morgan fingerprint density at radius 1 is 1.20 bits per heavy atom. The summed E-state index contributed by atoms with van der Waals surface area (Å²) >= 11 is 0. The van der Waals surface area contributed by atoms with Crippen molar-refractivity contribution in [3.63, 3.8) is 0 Å². The van der Waals surface area contributed by atoms with Crippen molar-refractivity contribution in [3.05, 3.63) is 29.3 Å². The van der Waals surface area contributed by atoms with Crippen LogP contribution >= 0.6 is 0 Å². The lowest BCUT2D eigenvalue weighted by Crippen LogP contribution is -2.11. The Kier molecular flexibility index (Phi) is 5.37. The average Bonchev–Trinajstić information content (AvgIpc) is 2.18. The zero-order valence-corrected chi connectivity index (χ0v) is 10.5. The van der Waals surface area contributed by atoms with Gasteiger partial charge in [0.2, 0.25) is 0 Å². The Labute approximate surface area is 93.1 Å². The molecule has 3 N–H and O–H groups in total. The lowest BCUT2D eigenvalue weighted by atomic mass is 9.86. The number of benzene rings is 1. The number of rotatable bonds is 1. The van der Waals surface area contributed by atoms with Gasteiger partial charge in [0.1, 0.15) is 5.75 Å². The predicted octanol–water partition coefficient (Wildman–Crippen LogP) is 3.17. The molecule has 0 radical (unpaired) electrons. The van der Waals surface area contributed by atoms with Gasteiger partial charge >= 0.3 is 0 Å². The van der Waals surface area contributed by atoms with Gasteiger partial charge in [-0.2, -0.15) is 0 Å². The largest absolute Gasteiger partial charge is 0.508 e. The van der Waals surface area contributed by atoms with E-state index in [2.05, 4.69) is 20.8 Å². The summed E-state index contributed by atoms with van der Waals surface area (Å²) in [7, 11) is 0. The molecule has 0 amide bonds. The van der Waals surface area contributed by atoms with E-state index in [4.69, 9.17) is 5.73 Å². The molecule has 0 fully saturated rings. The molecule has 0 aliphatic carbocycles. The summed E-state index contributed by atoms with van der Waals surface area (Å²) in [5.74, 6) is 0.343. The predicted molar refractivity (Wildman–Crippen MR) is 66.0 cm³/mol. The highest BCUT2D eigenvalue weighted by molar-refractivity contribution is 5.40. The fourth-order valence-corrected chi connectivity index (χ4v) is 1.34. The molecule has 0 aliphatic heterocycles. The van der Waals surface area contributed by atoms with Crippen LogP contribution in [-0.2, 0) is 12.0 Å². The molecule has 0 atom stereocenters. The molecule has 2 heteroatoms. The van der Waals surface area contributed by atoms with Gasteiger partial charge in [-0.05, 0) is 22.6 Å². The molecule has 15 heavy (non-hydrogen) atoms. The summed E-state index contributed by atoms with van der Waals surface area (Å²) in [5.41, 5.74) is 7.38. The first-order valence-corrected chi connectivity index (χ1v) is 5.47. The Morgan fingerprint density at radius 2 is 1.73 bits per heavy atom. The highest BCUT2D eigenvalue weighted by Crippen LogP contribution is 2.30. The Hall–Kier alpha value is -1.02. The van der Waals surface area contributed by atoms with Crippen LogP contribution in [0.5, 0.6) is 5.75 Å². The van der Waals surface area contributed by atoms with E-state index in [1.165, 1.54) is 0 Å². The van der Waals surface area contributed by atoms with Crippen molar-refractivity contribution in [1.82, 2.24) is 0 Å². The molecule has 0 aliphatic rings. The second-order valence-corrected chi connectivity index (χ2v) is 4.31. The van der Waals surface area contributed by atoms with Crippen LogP contribution in [0.3, 0.4) is 0 Å². The SMILES string of the molecule is CC.CC(C)(C)c1ccc(CN)cc1O. The number of aromatic hydroxyl groups is 1. The minimum Gasteiger partial charge on any atom is -0.508 e. The van der Waals surface area contributed by atoms with Gasteiger partial charge in [0.15, 0.2) is 0 Å². The van der Waals surface area contributed by atoms with E-state index >= 15 is 0 Å². The van der Waals surface area contributed by atoms with Crippen LogP contribution in [0.25, 0.3) is 0 Å². The second kappa shape index (κ2) is 5.76. The van der Waals surface area contributed by atoms with Crippen molar-refractivity contribution in [2.24, 2.45) is 5.73 Å². The average molecular weight is 209 g/mol. The van der Waals surface area contributed by atoms with Crippen molar-refractivity contribution in [2.45, 2.75) is 46.6 Å². The minimum atomic E-state index is -0.0167. The molecule has 2 nitrogen and oxygen atoms in total. The maximum Gasteiger partial charge on any atom is 0.119 e. The van der Waals surface area contributed by atoms with Crippen molar-refractivity contribution < 1.29 is 5.11 Å². The van der Waals surface area contributed by atoms with Gasteiger partial charge in [-0.3, -0.25) is 0 Å². The third-order valence-corrected chi connectivity index (χ3v) is 2.11. The molecule has 0 bridgehead atoms. The van der Waals surface area contributed by atoms with Crippen molar-refractivity contribution in [3.8, 4) is 5.75 Å². The maximum atomic E-state index is 9.70. The quantitative estimate of drug-likeness (QED) is 0.746. The Bertz CT molecular complexity index is 300. The number of phenols is 1. The zero-order chi connectivity index (χ0) is 12.1. The van der Waals surface area contributed by atoms with Crippen molar-refractivity contribution >= 4 is 0 Å². The number of hydrogen-bond acceptors (Lipinski definition) is 2. The van der Waals surface area contributed by atoms with Gasteiger partial charge in [0.25, 0.3) is 0 Å². The van der Waals surface area contributed by atoms with E-state index in [-0.39, 0.29) is 5.41 Å². The molecule has 0 heterocycles. The fraction of sp³-hybridized carbons (Fsp3) is 0.538. The first-order chi connectivity index (χ1) is 6.95. The van der Waals surface area contributed by atoms with Crippen LogP contribution < -0.4 is 5.73 Å². The van der Waals surface area contributed by atoms with Crippen LogP contribution in [0.1, 0.15) is 45.7 Å². The molecule has 0 aromatic heterocycles. The molecule has 1 aromatic carbocycles. The van der Waals surface area contributed by atoms with Gasteiger partial charge in [-0.25, -0.2) is 0 Å². The van der Waals surface area contributed by atoms with Gasteiger partial charge in [-0.15, -0.1) is 0 Å². The van der Waals surface area contributed by atoms with Crippen molar-refractivity contribution in [1.29, 1.82) is 0 Å². The molecule has 0 spiro atoms. The summed E-state index contributed by atoms with van der Waals surface area (Å²) in [5, 5.41) is 9.70. The normalized spacial score (nSPS) is 10.5. The summed E-state index contributed by atoms with van der Waals surface area (Å²) in [6, 6.07) is 5.64. The molecular weight excluding hydrogens is 186 g/mol. The van der Waals surface area contributed by atoms with Gasteiger partial charge in [0.05, 0.1) is 0 Å². The molecule has 1 rings (SSSR count). The maximum absolute atomic E-state index is 9.70. The van der Waals surface area contributed by atoms with E-state index in [0.717, 1.165) is 11.1 Å². The van der Waals surface area contributed by atoms with Crippen LogP contribution in [0, 0.1) is 0 Å². The Morgan fingerprint density at radius 3 is 2.07 bits per heavy atom. The summed E-state index contributed by atoms with van der Waals surface area (Å²) in [6.07, 6.45) is 0. The fourth-order valence-electron chi connectivity index (χ4n) is 1.34. The van der Waals surface area contributed by atoms with Gasteiger partial charge in [-0.1, -0.05) is 46.8 Å². The monoisotopic (exact) mass is 209 g/mol.